The highest BCUT2D eigenvalue weighted by molar-refractivity contribution is 9.10. The molecule has 1 atom stereocenters. The third-order valence-corrected chi connectivity index (χ3v) is 4.11. The number of amides is 2. The minimum Gasteiger partial charge on any atom is -0.508 e. The van der Waals surface area contributed by atoms with E-state index in [1.807, 2.05) is 19.1 Å². The normalized spacial score (nSPS) is 11.8. The maximum absolute atomic E-state index is 12.3. The van der Waals surface area contributed by atoms with Gasteiger partial charge in [-0.05, 0) is 37.3 Å². The van der Waals surface area contributed by atoms with Crippen molar-refractivity contribution in [1.82, 2.24) is 5.48 Å². The van der Waals surface area contributed by atoms with Crippen LogP contribution in [0.25, 0.3) is 0 Å². The largest absolute Gasteiger partial charge is 0.508 e. The summed E-state index contributed by atoms with van der Waals surface area (Å²) in [6.07, 6.45) is 1.08. The van der Waals surface area contributed by atoms with Gasteiger partial charge in [0, 0.05) is 28.2 Å². The van der Waals surface area contributed by atoms with Crippen molar-refractivity contribution in [3.63, 3.8) is 0 Å². The zero-order valence-electron chi connectivity index (χ0n) is 14.5. The van der Waals surface area contributed by atoms with Crippen molar-refractivity contribution >= 4 is 33.6 Å². The van der Waals surface area contributed by atoms with Crippen molar-refractivity contribution in [3.8, 4) is 5.75 Å². The van der Waals surface area contributed by atoms with Crippen LogP contribution in [0.5, 0.6) is 5.75 Å². The summed E-state index contributed by atoms with van der Waals surface area (Å²) < 4.78 is 6.14. The molecule has 0 spiro atoms. The molecule has 8 heteroatoms. The summed E-state index contributed by atoms with van der Waals surface area (Å²) in [5.41, 5.74) is 3.47. The predicted molar refractivity (Wildman–Crippen MR) is 104 cm³/mol. The van der Waals surface area contributed by atoms with Gasteiger partial charge in [0.25, 0.3) is 5.91 Å². The molecule has 142 valence electrons. The van der Waals surface area contributed by atoms with Crippen molar-refractivity contribution < 1.29 is 24.6 Å². The monoisotopic (exact) mass is 434 g/mol. The Morgan fingerprint density at radius 3 is 2.59 bits per heavy atom. The van der Waals surface area contributed by atoms with Crippen LogP contribution in [-0.2, 0) is 9.53 Å². The number of halogens is 1. The van der Waals surface area contributed by atoms with Gasteiger partial charge in [-0.25, -0.2) is 10.3 Å². The van der Waals surface area contributed by atoms with Crippen LogP contribution >= 0.6 is 15.9 Å². The van der Waals surface area contributed by atoms with Gasteiger partial charge >= 0.3 is 6.09 Å². The van der Waals surface area contributed by atoms with Crippen molar-refractivity contribution in [1.29, 1.82) is 0 Å². The fraction of sp³-hybridized carbons (Fsp3) is 0.158. The summed E-state index contributed by atoms with van der Waals surface area (Å²) in [5.74, 6) is -0.761. The highest BCUT2D eigenvalue weighted by Crippen LogP contribution is 2.32. The fourth-order valence-corrected chi connectivity index (χ4v) is 2.65. The van der Waals surface area contributed by atoms with Gasteiger partial charge in [0.1, 0.15) is 11.9 Å². The number of anilines is 1. The minimum absolute atomic E-state index is 0.0497. The molecular weight excluding hydrogens is 416 g/mol. The Morgan fingerprint density at radius 2 is 1.93 bits per heavy atom. The average Bonchev–Trinajstić information content (AvgIpc) is 2.64. The molecule has 0 unspecified atom stereocenters. The first-order valence-corrected chi connectivity index (χ1v) is 8.81. The molecule has 0 saturated carbocycles. The second-order valence-corrected chi connectivity index (χ2v) is 6.62. The molecular formula is C19H19BrN2O5. The molecule has 0 heterocycles. The van der Waals surface area contributed by atoms with Gasteiger partial charge in [0.2, 0.25) is 0 Å². The van der Waals surface area contributed by atoms with Gasteiger partial charge in [-0.1, -0.05) is 39.7 Å². The number of nitrogens with one attached hydrogen (secondary N) is 2. The highest BCUT2D eigenvalue weighted by atomic mass is 79.9. The van der Waals surface area contributed by atoms with Gasteiger partial charge < -0.3 is 9.84 Å². The number of aryl methyl sites for hydroxylation is 1. The zero-order valence-corrected chi connectivity index (χ0v) is 16.1. The molecule has 2 aromatic carbocycles. The number of hydrogen-bond donors (Lipinski definition) is 4. The van der Waals surface area contributed by atoms with Gasteiger partial charge in [-0.15, -0.1) is 0 Å². The number of benzene rings is 2. The van der Waals surface area contributed by atoms with E-state index in [9.17, 15) is 14.7 Å². The third-order valence-electron chi connectivity index (χ3n) is 3.61. The van der Waals surface area contributed by atoms with Gasteiger partial charge in [0.05, 0.1) is 0 Å². The first kappa shape index (κ1) is 20.5. The molecule has 0 aliphatic rings. The first-order chi connectivity index (χ1) is 12.9. The van der Waals surface area contributed by atoms with Crippen LogP contribution in [0.1, 0.15) is 23.7 Å². The Labute approximate surface area is 164 Å². The van der Waals surface area contributed by atoms with E-state index in [0.29, 0.717) is 15.7 Å². The Hall–Kier alpha value is -2.84. The Bertz CT molecular complexity index is 836. The topological polar surface area (TPSA) is 108 Å². The van der Waals surface area contributed by atoms with Crippen LogP contribution < -0.4 is 10.8 Å². The average molecular weight is 435 g/mol. The van der Waals surface area contributed by atoms with E-state index in [1.165, 1.54) is 17.6 Å². The maximum Gasteiger partial charge on any atom is 0.412 e. The van der Waals surface area contributed by atoms with Crippen molar-refractivity contribution in [3.05, 3.63) is 70.2 Å². The molecule has 27 heavy (non-hydrogen) atoms. The van der Waals surface area contributed by atoms with Crippen LogP contribution in [0, 0.1) is 6.92 Å². The third kappa shape index (κ3) is 6.43. The fourth-order valence-electron chi connectivity index (χ4n) is 2.27. The van der Waals surface area contributed by atoms with Crippen molar-refractivity contribution in [2.75, 3.05) is 5.32 Å². The standard InChI is InChI=1S/C19H19BrN2O5/c1-12-5-8-14(9-6-12)21-19(25)27-17(3-2-4-18(24)22-26)15-11-13(20)7-10-16(15)23/h2,4-11,17,23,26H,3H2,1H3,(H,21,25)(H,22,24)/b4-2+/t17-/m1/s1. The molecule has 7 nitrogen and oxygen atoms in total. The van der Waals surface area contributed by atoms with E-state index >= 15 is 0 Å². The van der Waals surface area contributed by atoms with Crippen molar-refractivity contribution in [2.24, 2.45) is 0 Å². The minimum atomic E-state index is -0.851. The number of aromatic hydroxyl groups is 1. The Morgan fingerprint density at radius 1 is 1.22 bits per heavy atom. The molecule has 4 N–H and O–H groups in total. The summed E-state index contributed by atoms with van der Waals surface area (Å²) in [4.78, 5) is 23.4. The van der Waals surface area contributed by atoms with E-state index in [1.54, 1.807) is 24.3 Å². The number of phenolic OH excluding ortho intramolecular Hbond substituents is 1. The van der Waals surface area contributed by atoms with E-state index in [4.69, 9.17) is 9.94 Å². The van der Waals surface area contributed by atoms with Gasteiger partial charge in [-0.2, -0.15) is 0 Å². The number of carbonyl (C=O) groups is 2. The number of rotatable bonds is 6. The van der Waals surface area contributed by atoms with E-state index in [2.05, 4.69) is 21.2 Å². The predicted octanol–water partition coefficient (Wildman–Crippen LogP) is 4.20. The molecule has 0 saturated heterocycles. The van der Waals surface area contributed by atoms with Gasteiger partial charge in [-0.3, -0.25) is 15.3 Å². The molecule has 0 bridgehead atoms. The summed E-state index contributed by atoms with van der Waals surface area (Å²) in [6.45, 7) is 1.93. The zero-order chi connectivity index (χ0) is 19.8. The lowest BCUT2D eigenvalue weighted by Gasteiger charge is -2.19. The highest BCUT2D eigenvalue weighted by Gasteiger charge is 2.20. The lowest BCUT2D eigenvalue weighted by atomic mass is 10.0. The van der Waals surface area contributed by atoms with Gasteiger partial charge in [0.15, 0.2) is 0 Å². The van der Waals surface area contributed by atoms with E-state index in [-0.39, 0.29) is 12.2 Å². The summed E-state index contributed by atoms with van der Waals surface area (Å²) in [7, 11) is 0. The van der Waals surface area contributed by atoms with E-state index in [0.717, 1.165) is 11.6 Å². The summed E-state index contributed by atoms with van der Waals surface area (Å²) in [6, 6.07) is 11.9. The maximum atomic E-state index is 12.3. The quantitative estimate of drug-likeness (QED) is 0.309. The number of ether oxygens (including phenoxy) is 1. The number of hydroxylamine groups is 1. The molecule has 2 rings (SSSR count). The molecule has 0 aliphatic heterocycles. The van der Waals surface area contributed by atoms with Crippen LogP contribution in [0.2, 0.25) is 0 Å². The lowest BCUT2D eigenvalue weighted by Crippen LogP contribution is -2.18. The number of phenols is 1. The second kappa shape index (κ2) is 9.75. The molecule has 2 amide bonds. The Kier molecular flexibility index (Phi) is 7.39. The van der Waals surface area contributed by atoms with Crippen LogP contribution in [0.4, 0.5) is 10.5 Å². The second-order valence-electron chi connectivity index (χ2n) is 5.70. The SMILES string of the molecule is Cc1ccc(NC(=O)O[C@H](C/C=C/C(=O)NO)c2cc(Br)ccc2O)cc1. The summed E-state index contributed by atoms with van der Waals surface area (Å²) >= 11 is 3.31. The lowest BCUT2D eigenvalue weighted by molar-refractivity contribution is -0.124. The van der Waals surface area contributed by atoms with Crippen LogP contribution in [-0.4, -0.2) is 22.3 Å². The van der Waals surface area contributed by atoms with Crippen LogP contribution in [0.15, 0.2) is 59.1 Å². The smallest absolute Gasteiger partial charge is 0.412 e. The Balaban J connectivity index is 2.16. The molecule has 2 aromatic rings. The van der Waals surface area contributed by atoms with E-state index < -0.39 is 18.1 Å². The molecule has 0 aliphatic carbocycles. The van der Waals surface area contributed by atoms with Crippen LogP contribution in [0.3, 0.4) is 0 Å². The number of hydrogen-bond acceptors (Lipinski definition) is 5. The molecule has 0 radical (unpaired) electrons. The first-order valence-electron chi connectivity index (χ1n) is 8.02. The number of carbonyl (C=O) groups excluding carboxylic acids is 2. The molecule has 0 aromatic heterocycles. The molecule has 0 fully saturated rings. The summed E-state index contributed by atoms with van der Waals surface area (Å²) in [5, 5.41) is 21.3. The van der Waals surface area contributed by atoms with Crippen molar-refractivity contribution in [2.45, 2.75) is 19.4 Å².